The molecular weight excluding hydrogens is 302 g/mol. The lowest BCUT2D eigenvalue weighted by atomic mass is 10.1. The van der Waals surface area contributed by atoms with E-state index in [1.807, 2.05) is 20.8 Å². The van der Waals surface area contributed by atoms with E-state index in [1.165, 1.54) is 12.3 Å². The number of ether oxygens (including phenoxy) is 1. The van der Waals surface area contributed by atoms with Crippen molar-refractivity contribution in [3.63, 3.8) is 0 Å². The van der Waals surface area contributed by atoms with Gasteiger partial charge < -0.3 is 16.0 Å². The number of rotatable bonds is 5. The van der Waals surface area contributed by atoms with E-state index in [9.17, 15) is 8.42 Å². The molecule has 7 heteroatoms. The van der Waals surface area contributed by atoms with Crippen LogP contribution in [0.5, 0.6) is 0 Å². The van der Waals surface area contributed by atoms with E-state index >= 15 is 0 Å². The Morgan fingerprint density at radius 2 is 1.91 bits per heavy atom. The van der Waals surface area contributed by atoms with Crippen LogP contribution in [-0.2, 0) is 21.1 Å². The van der Waals surface area contributed by atoms with Gasteiger partial charge in [0.1, 0.15) is 0 Å². The minimum Gasteiger partial charge on any atom is -0.496 e. The highest BCUT2D eigenvalue weighted by atomic mass is 32.2. The smallest absolute Gasteiger partial charge is 0.412 e. The molecule has 0 aromatic heterocycles. The zero-order valence-electron chi connectivity index (χ0n) is 13.0. The molecule has 0 radical (unpaired) electrons. The van der Waals surface area contributed by atoms with Crippen molar-refractivity contribution in [2.45, 2.75) is 32.9 Å². The van der Waals surface area contributed by atoms with Crippen LogP contribution < -0.4 is 5.73 Å². The Labute approximate surface area is 131 Å². The van der Waals surface area contributed by atoms with Crippen molar-refractivity contribution >= 4 is 14.9 Å². The first-order valence-electron chi connectivity index (χ1n) is 6.76. The lowest BCUT2D eigenvalue weighted by molar-refractivity contribution is 0.000629. The Bertz CT molecular complexity index is 680. The minimum atomic E-state index is -3.76. The van der Waals surface area contributed by atoms with Crippen LogP contribution in [0.25, 0.3) is 5.53 Å². The number of hydrogen-bond donors (Lipinski definition) is 1. The van der Waals surface area contributed by atoms with Gasteiger partial charge in [-0.1, -0.05) is 12.1 Å². The predicted octanol–water partition coefficient (Wildman–Crippen LogP) is 1.87. The zero-order chi connectivity index (χ0) is 16.8. The highest BCUT2D eigenvalue weighted by Crippen LogP contribution is 2.10. The number of sulfone groups is 1. The lowest BCUT2D eigenvalue weighted by Gasteiger charge is -2.17. The van der Waals surface area contributed by atoms with Gasteiger partial charge in [-0.25, -0.2) is 8.42 Å². The minimum absolute atomic E-state index is 0.310. The molecule has 1 aromatic carbocycles. The van der Waals surface area contributed by atoms with Gasteiger partial charge in [0.2, 0.25) is 0 Å². The van der Waals surface area contributed by atoms with Gasteiger partial charge in [-0.15, -0.1) is 0 Å². The fourth-order valence-corrected chi connectivity index (χ4v) is 2.69. The molecule has 0 fully saturated rings. The maximum atomic E-state index is 12.2. The molecule has 0 spiro atoms. The number of hydrogen-bond acceptors (Lipinski definition) is 4. The van der Waals surface area contributed by atoms with Gasteiger partial charge in [0, 0.05) is 6.54 Å². The van der Waals surface area contributed by atoms with Crippen molar-refractivity contribution in [1.29, 1.82) is 0 Å². The van der Waals surface area contributed by atoms with Crippen molar-refractivity contribution in [3.05, 3.63) is 53.3 Å². The molecule has 1 rings (SSSR count). The molecule has 120 valence electrons. The first-order chi connectivity index (χ1) is 10.2. The normalized spacial score (nSPS) is 12.2. The summed E-state index contributed by atoms with van der Waals surface area (Å²) in [6, 6.07) is 6.50. The second-order valence-electron chi connectivity index (χ2n) is 5.69. The monoisotopic (exact) mass is 323 g/mol. The highest BCUT2D eigenvalue weighted by molar-refractivity contribution is 8.06. The largest absolute Gasteiger partial charge is 0.496 e. The topological polar surface area (TPSA) is 106 Å². The van der Waals surface area contributed by atoms with Gasteiger partial charge in [0.05, 0.1) is 23.2 Å². The summed E-state index contributed by atoms with van der Waals surface area (Å²) in [5.41, 5.74) is 15.3. The predicted molar refractivity (Wildman–Crippen MR) is 85.8 cm³/mol. The maximum Gasteiger partial charge on any atom is 0.412 e. The molecule has 0 saturated heterocycles. The van der Waals surface area contributed by atoms with Crippen molar-refractivity contribution in [2.24, 2.45) is 5.73 Å². The van der Waals surface area contributed by atoms with Crippen molar-refractivity contribution in [1.82, 2.24) is 0 Å². The summed E-state index contributed by atoms with van der Waals surface area (Å²) in [5, 5.41) is -0.378. The number of nitrogens with two attached hydrogens (primary N) is 1. The first-order valence-corrected chi connectivity index (χ1v) is 8.42. The van der Waals surface area contributed by atoms with Crippen LogP contribution in [0.3, 0.4) is 0 Å². The van der Waals surface area contributed by atoms with E-state index in [-0.39, 0.29) is 10.8 Å². The third-order valence-corrected chi connectivity index (χ3v) is 4.19. The van der Waals surface area contributed by atoms with E-state index in [4.69, 9.17) is 16.0 Å². The molecule has 0 heterocycles. The summed E-state index contributed by atoms with van der Waals surface area (Å²) >= 11 is 0. The maximum absolute atomic E-state index is 12.2. The second-order valence-corrected chi connectivity index (χ2v) is 7.64. The van der Waals surface area contributed by atoms with Crippen molar-refractivity contribution < 1.29 is 17.9 Å². The number of benzene rings is 1. The fraction of sp³-hybridized carbons (Fsp3) is 0.400. The van der Waals surface area contributed by atoms with Gasteiger partial charge in [0.25, 0.3) is 9.84 Å². The van der Waals surface area contributed by atoms with Crippen LogP contribution in [0.15, 0.2) is 36.6 Å². The van der Waals surface area contributed by atoms with E-state index in [1.54, 1.807) is 24.3 Å². The molecule has 0 unspecified atom stereocenters. The molecule has 6 nitrogen and oxygen atoms in total. The van der Waals surface area contributed by atoms with Crippen LogP contribution in [-0.4, -0.2) is 29.6 Å². The summed E-state index contributed by atoms with van der Waals surface area (Å²) in [6.07, 6.45) is 2.71. The van der Waals surface area contributed by atoms with Gasteiger partial charge in [-0.2, -0.15) is 4.79 Å². The number of nitrogens with zero attached hydrogens (tertiary/aromatic N) is 2. The van der Waals surface area contributed by atoms with Crippen molar-refractivity contribution in [2.75, 3.05) is 5.75 Å². The van der Waals surface area contributed by atoms with Gasteiger partial charge >= 0.3 is 5.04 Å². The van der Waals surface area contributed by atoms with Crippen LogP contribution in [0.1, 0.15) is 31.9 Å². The highest BCUT2D eigenvalue weighted by Gasteiger charge is 2.28. The quantitative estimate of drug-likeness (QED) is 0.293. The standard InChI is InChI=1S/C15H21N3O3S/c1-15(2,3)21-9-4-10-22(19,20)14(18-17)13-7-5-12(11-16)6-8-13/h4-9H,10-11,16H2,1-3H3. The zero-order valence-corrected chi connectivity index (χ0v) is 13.8. The lowest BCUT2D eigenvalue weighted by Crippen LogP contribution is -2.20. The molecule has 2 N–H and O–H groups in total. The molecule has 0 amide bonds. The molecule has 22 heavy (non-hydrogen) atoms. The summed E-state index contributed by atoms with van der Waals surface area (Å²) in [7, 11) is -3.76. The van der Waals surface area contributed by atoms with Gasteiger partial charge in [-0.05, 0) is 44.5 Å². The summed E-state index contributed by atoms with van der Waals surface area (Å²) in [4.78, 5) is 2.94. The van der Waals surface area contributed by atoms with Crippen molar-refractivity contribution in [3.8, 4) is 0 Å². The molecular formula is C15H21N3O3S. The first kappa shape index (κ1) is 18.1. The van der Waals surface area contributed by atoms with E-state index in [2.05, 4.69) is 4.79 Å². The Morgan fingerprint density at radius 1 is 1.32 bits per heavy atom. The SMILES string of the molecule is CC(C)(C)OC=CCS(=O)(=O)C(=[N+]=[N-])c1ccc(CN)cc1. The van der Waals surface area contributed by atoms with E-state index in [0.717, 1.165) is 5.56 Å². The van der Waals surface area contributed by atoms with E-state index in [0.29, 0.717) is 12.1 Å². The summed E-state index contributed by atoms with van der Waals surface area (Å²) in [6.45, 7) is 5.91. The Hall–Kier alpha value is -1.95. The molecule has 0 bridgehead atoms. The molecule has 0 aliphatic heterocycles. The summed E-state index contributed by atoms with van der Waals surface area (Å²) < 4.78 is 29.8. The van der Waals surface area contributed by atoms with Gasteiger partial charge in [0.15, 0.2) is 0 Å². The van der Waals surface area contributed by atoms with Gasteiger partial charge in [-0.3, -0.25) is 0 Å². The third kappa shape index (κ3) is 5.44. The molecule has 0 atom stereocenters. The Morgan fingerprint density at radius 3 is 2.36 bits per heavy atom. The third-order valence-electron chi connectivity index (χ3n) is 2.66. The van der Waals surface area contributed by atoms with Crippen LogP contribution >= 0.6 is 0 Å². The average Bonchev–Trinajstić information content (AvgIpc) is 2.44. The van der Waals surface area contributed by atoms with Crippen LogP contribution in [0.2, 0.25) is 0 Å². The molecule has 0 saturated carbocycles. The van der Waals surface area contributed by atoms with E-state index < -0.39 is 15.4 Å². The Kier molecular flexibility index (Phi) is 6.05. The van der Waals surface area contributed by atoms with Crippen LogP contribution in [0, 0.1) is 0 Å². The Balaban J connectivity index is 2.91. The molecule has 0 aliphatic rings. The molecule has 0 aliphatic carbocycles. The summed E-state index contributed by atoms with van der Waals surface area (Å²) in [5.74, 6) is -0.318. The van der Waals surface area contributed by atoms with Crippen LogP contribution in [0.4, 0.5) is 0 Å². The fourth-order valence-electron chi connectivity index (χ4n) is 1.58. The molecule has 1 aromatic rings. The average molecular weight is 323 g/mol. The second kappa shape index (κ2) is 7.35.